The van der Waals surface area contributed by atoms with E-state index in [9.17, 15) is 4.79 Å². The van der Waals surface area contributed by atoms with Crippen LogP contribution >= 0.6 is 0 Å². The van der Waals surface area contributed by atoms with Gasteiger partial charge in [-0.3, -0.25) is 9.78 Å². The first-order chi connectivity index (χ1) is 8.56. The number of pyridine rings is 1. The maximum absolute atomic E-state index is 11.9. The van der Waals surface area contributed by atoms with Crippen molar-refractivity contribution in [2.75, 3.05) is 5.73 Å². The normalized spacial score (nSPS) is 10.3. The third-order valence-electron chi connectivity index (χ3n) is 2.63. The molecule has 0 saturated carbocycles. The third kappa shape index (κ3) is 2.68. The Bertz CT molecular complexity index is 574. The zero-order valence-electron chi connectivity index (χ0n) is 10.5. The number of rotatable bonds is 3. The first kappa shape index (κ1) is 12.2. The number of nitrogens with two attached hydrogens (primary N) is 1. The molecule has 2 aromatic heterocycles. The molecule has 2 heterocycles. The third-order valence-corrected chi connectivity index (χ3v) is 2.63. The minimum atomic E-state index is -0.155. The predicted octanol–water partition coefficient (Wildman–Crippen LogP) is 1.24. The van der Waals surface area contributed by atoms with E-state index in [-0.39, 0.29) is 5.91 Å². The number of carbonyl (C=O) groups is 1. The van der Waals surface area contributed by atoms with Crippen molar-refractivity contribution in [2.45, 2.75) is 13.5 Å². The zero-order chi connectivity index (χ0) is 13.1. The summed E-state index contributed by atoms with van der Waals surface area (Å²) in [7, 11) is 1.79. The lowest BCUT2D eigenvalue weighted by Gasteiger charge is -2.06. The lowest BCUT2D eigenvalue weighted by molar-refractivity contribution is 0.0942. The first-order valence-electron chi connectivity index (χ1n) is 5.69. The van der Waals surface area contributed by atoms with Crippen LogP contribution < -0.4 is 11.1 Å². The van der Waals surface area contributed by atoms with Crippen molar-refractivity contribution in [1.82, 2.24) is 14.9 Å². The predicted molar refractivity (Wildman–Crippen MR) is 70.0 cm³/mol. The number of carbonyl (C=O) groups excluding carboxylic acids is 1. The summed E-state index contributed by atoms with van der Waals surface area (Å²) in [6.45, 7) is 2.33. The molecule has 2 rings (SSSR count). The van der Waals surface area contributed by atoms with E-state index in [1.54, 1.807) is 23.9 Å². The lowest BCUT2D eigenvalue weighted by Crippen LogP contribution is -2.25. The first-order valence-corrected chi connectivity index (χ1v) is 5.69. The van der Waals surface area contributed by atoms with Crippen molar-refractivity contribution < 1.29 is 4.79 Å². The molecule has 94 valence electrons. The number of nitrogens with one attached hydrogen (secondary N) is 1. The number of nitrogen functional groups attached to an aromatic ring is 1. The number of hydrogen-bond donors (Lipinski definition) is 2. The van der Waals surface area contributed by atoms with Crippen molar-refractivity contribution in [3.63, 3.8) is 0 Å². The fourth-order valence-electron chi connectivity index (χ4n) is 1.78. The molecule has 2 aromatic rings. The summed E-state index contributed by atoms with van der Waals surface area (Å²) < 4.78 is 1.70. The smallest absolute Gasteiger partial charge is 0.268 e. The molecular weight excluding hydrogens is 228 g/mol. The standard InChI is InChI=1S/C13H16N4O/c1-9-4-3-5-11(16-9)7-15-13(18)12-6-10(14)8-17(12)2/h3-6,8H,7,14H2,1-2H3,(H,15,18). The molecule has 3 N–H and O–H groups in total. The minimum Gasteiger partial charge on any atom is -0.397 e. The van der Waals surface area contributed by atoms with Crippen molar-refractivity contribution in [2.24, 2.45) is 7.05 Å². The maximum Gasteiger partial charge on any atom is 0.268 e. The minimum absolute atomic E-state index is 0.155. The van der Waals surface area contributed by atoms with Crippen LogP contribution in [0.4, 0.5) is 5.69 Å². The average Bonchev–Trinajstić information content (AvgIpc) is 2.66. The van der Waals surface area contributed by atoms with E-state index >= 15 is 0 Å². The summed E-state index contributed by atoms with van der Waals surface area (Å²) in [5.74, 6) is -0.155. The van der Waals surface area contributed by atoms with Crippen LogP contribution in [0.1, 0.15) is 21.9 Å². The lowest BCUT2D eigenvalue weighted by atomic mass is 10.3. The Morgan fingerprint density at radius 1 is 1.50 bits per heavy atom. The van der Waals surface area contributed by atoms with Gasteiger partial charge in [-0.25, -0.2) is 0 Å². The second-order valence-electron chi connectivity index (χ2n) is 4.22. The van der Waals surface area contributed by atoms with Gasteiger partial charge in [0.05, 0.1) is 17.9 Å². The van der Waals surface area contributed by atoms with Gasteiger partial charge >= 0.3 is 0 Å². The molecule has 1 amide bonds. The highest BCUT2D eigenvalue weighted by atomic mass is 16.1. The molecule has 0 saturated heterocycles. The van der Waals surface area contributed by atoms with E-state index in [1.807, 2.05) is 25.1 Å². The number of aromatic nitrogens is 2. The maximum atomic E-state index is 11.9. The van der Waals surface area contributed by atoms with Crippen molar-refractivity contribution in [3.8, 4) is 0 Å². The molecule has 0 aromatic carbocycles. The zero-order valence-corrected chi connectivity index (χ0v) is 10.5. The van der Waals surface area contributed by atoms with E-state index < -0.39 is 0 Å². The fourth-order valence-corrected chi connectivity index (χ4v) is 1.78. The van der Waals surface area contributed by atoms with Crippen LogP contribution in [0.15, 0.2) is 30.5 Å². The van der Waals surface area contributed by atoms with Gasteiger partial charge in [0.1, 0.15) is 5.69 Å². The van der Waals surface area contributed by atoms with Crippen LogP contribution in [0.3, 0.4) is 0 Å². The van der Waals surface area contributed by atoms with E-state index in [0.29, 0.717) is 17.9 Å². The van der Waals surface area contributed by atoms with Crippen LogP contribution in [0.5, 0.6) is 0 Å². The molecule has 18 heavy (non-hydrogen) atoms. The van der Waals surface area contributed by atoms with Gasteiger partial charge < -0.3 is 15.6 Å². The Hall–Kier alpha value is -2.30. The van der Waals surface area contributed by atoms with Crippen LogP contribution in [0.25, 0.3) is 0 Å². The van der Waals surface area contributed by atoms with Gasteiger partial charge in [-0.1, -0.05) is 6.07 Å². The van der Waals surface area contributed by atoms with Gasteiger partial charge in [0, 0.05) is 18.9 Å². The van der Waals surface area contributed by atoms with E-state index in [2.05, 4.69) is 10.3 Å². The Morgan fingerprint density at radius 3 is 2.89 bits per heavy atom. The molecule has 0 spiro atoms. The Labute approximate surface area is 106 Å². The van der Waals surface area contributed by atoms with Gasteiger partial charge in [0.25, 0.3) is 5.91 Å². The summed E-state index contributed by atoms with van der Waals surface area (Å²) in [5.41, 5.74) is 8.53. The topological polar surface area (TPSA) is 72.9 Å². The van der Waals surface area contributed by atoms with E-state index in [1.165, 1.54) is 0 Å². The highest BCUT2D eigenvalue weighted by Crippen LogP contribution is 2.08. The fraction of sp³-hybridized carbons (Fsp3) is 0.231. The molecule has 5 heteroatoms. The average molecular weight is 244 g/mol. The molecule has 0 unspecified atom stereocenters. The second kappa shape index (κ2) is 4.91. The summed E-state index contributed by atoms with van der Waals surface area (Å²) in [6.07, 6.45) is 1.71. The SMILES string of the molecule is Cc1cccc(CNC(=O)c2cc(N)cn2C)n1. The number of amides is 1. The van der Waals surface area contributed by atoms with E-state index in [0.717, 1.165) is 11.4 Å². The molecule has 0 radical (unpaired) electrons. The number of hydrogen-bond acceptors (Lipinski definition) is 3. The van der Waals surface area contributed by atoms with Gasteiger partial charge in [0.2, 0.25) is 0 Å². The van der Waals surface area contributed by atoms with Gasteiger partial charge in [-0.05, 0) is 25.1 Å². The molecule has 0 fully saturated rings. The monoisotopic (exact) mass is 244 g/mol. The van der Waals surface area contributed by atoms with Gasteiger partial charge in [0.15, 0.2) is 0 Å². The van der Waals surface area contributed by atoms with Gasteiger partial charge in [-0.2, -0.15) is 0 Å². The van der Waals surface area contributed by atoms with Crippen molar-refractivity contribution in [3.05, 3.63) is 47.5 Å². The number of nitrogens with zero attached hydrogens (tertiary/aromatic N) is 2. The number of aryl methyl sites for hydroxylation is 2. The Kier molecular flexibility index (Phi) is 3.32. The largest absolute Gasteiger partial charge is 0.397 e. The van der Waals surface area contributed by atoms with E-state index in [4.69, 9.17) is 5.73 Å². The molecule has 0 aliphatic rings. The quantitative estimate of drug-likeness (QED) is 0.853. The number of anilines is 1. The molecule has 0 atom stereocenters. The summed E-state index contributed by atoms with van der Waals surface area (Å²) in [5, 5.41) is 2.82. The highest BCUT2D eigenvalue weighted by molar-refractivity contribution is 5.93. The van der Waals surface area contributed by atoms with Crippen LogP contribution in [0, 0.1) is 6.92 Å². The Balaban J connectivity index is 2.03. The van der Waals surface area contributed by atoms with Crippen LogP contribution in [-0.2, 0) is 13.6 Å². The van der Waals surface area contributed by atoms with Crippen LogP contribution in [-0.4, -0.2) is 15.5 Å². The van der Waals surface area contributed by atoms with Crippen molar-refractivity contribution in [1.29, 1.82) is 0 Å². The second-order valence-corrected chi connectivity index (χ2v) is 4.22. The van der Waals surface area contributed by atoms with Gasteiger partial charge in [-0.15, -0.1) is 0 Å². The molecular formula is C13H16N4O. The molecule has 5 nitrogen and oxygen atoms in total. The summed E-state index contributed by atoms with van der Waals surface area (Å²) in [6, 6.07) is 7.37. The molecule has 0 aliphatic carbocycles. The molecule has 0 bridgehead atoms. The molecule has 0 aliphatic heterocycles. The Morgan fingerprint density at radius 2 is 2.28 bits per heavy atom. The summed E-state index contributed by atoms with van der Waals surface area (Å²) in [4.78, 5) is 16.2. The van der Waals surface area contributed by atoms with Crippen LogP contribution in [0.2, 0.25) is 0 Å². The van der Waals surface area contributed by atoms with Crippen molar-refractivity contribution >= 4 is 11.6 Å². The highest BCUT2D eigenvalue weighted by Gasteiger charge is 2.10. The summed E-state index contributed by atoms with van der Waals surface area (Å²) >= 11 is 0.